The van der Waals surface area contributed by atoms with Crippen molar-refractivity contribution in [2.24, 2.45) is 0 Å². The summed E-state index contributed by atoms with van der Waals surface area (Å²) in [6, 6.07) is 44.9. The van der Waals surface area contributed by atoms with E-state index in [2.05, 4.69) is 0 Å². The molecule has 5 rings (SSSR count). The normalized spacial score (nSPS) is 7.50. The molecule has 0 unspecified atom stereocenters. The SMILES string of the molecule is F.F.F.F.F.N#Cc1cccc([S])c1.N#Cc1cccc([S])c1.N#Cc1cccc([S])c1.N#Cc1cccc([S])c1.N#Cc1cccc([S])c1. The molecule has 5 aromatic carbocycles. The molecule has 255 valence electrons. The van der Waals surface area contributed by atoms with Crippen molar-refractivity contribution in [1.29, 1.82) is 26.3 Å². The second kappa shape index (κ2) is 31.9. The van der Waals surface area contributed by atoms with Crippen LogP contribution in [0, 0.1) is 56.7 Å². The van der Waals surface area contributed by atoms with Gasteiger partial charge in [-0.3, -0.25) is 23.5 Å². The fourth-order valence-corrected chi connectivity index (χ4v) is 3.86. The molecule has 0 heterocycles. The third-order valence-electron chi connectivity index (χ3n) is 4.82. The van der Waals surface area contributed by atoms with Crippen molar-refractivity contribution in [3.8, 4) is 30.3 Å². The summed E-state index contributed by atoms with van der Waals surface area (Å²) in [5.74, 6) is 0. The van der Waals surface area contributed by atoms with Crippen molar-refractivity contribution < 1.29 is 23.5 Å². The number of hydrogen-bond donors (Lipinski definition) is 0. The first-order valence-corrected chi connectivity index (χ1v) is 14.5. The Morgan fingerprint density at radius 3 is 0.500 bits per heavy atom. The van der Waals surface area contributed by atoms with Crippen LogP contribution in [0.15, 0.2) is 146 Å². The van der Waals surface area contributed by atoms with E-state index in [1.807, 2.05) is 30.3 Å². The Balaban J connectivity index is -0.000000165. The highest BCUT2D eigenvalue weighted by molar-refractivity contribution is 7.81. The van der Waals surface area contributed by atoms with Gasteiger partial charge in [0.05, 0.1) is 58.2 Å². The summed E-state index contributed by atoms with van der Waals surface area (Å²) < 4.78 is 0. The lowest BCUT2D eigenvalue weighted by molar-refractivity contribution is 1.11. The van der Waals surface area contributed by atoms with E-state index >= 15 is 0 Å². The molecule has 0 saturated heterocycles. The zero-order valence-electron chi connectivity index (χ0n) is 25.4. The second-order valence-electron chi connectivity index (χ2n) is 8.20. The fourth-order valence-electron chi connectivity index (χ4n) is 2.83. The molecule has 0 bridgehead atoms. The van der Waals surface area contributed by atoms with Gasteiger partial charge in [-0.15, -0.1) is 0 Å². The lowest BCUT2D eigenvalue weighted by atomic mass is 10.2. The van der Waals surface area contributed by atoms with E-state index in [0.717, 1.165) is 0 Å². The van der Waals surface area contributed by atoms with Crippen LogP contribution in [0.2, 0.25) is 0 Å². The average Bonchev–Trinajstić information content (AvgIpc) is 3.06. The van der Waals surface area contributed by atoms with Crippen LogP contribution in [0.25, 0.3) is 0 Å². The minimum Gasteiger partial charge on any atom is -0.269 e. The highest BCUT2D eigenvalue weighted by atomic mass is 32.1. The zero-order chi connectivity index (χ0) is 33.5. The van der Waals surface area contributed by atoms with Crippen molar-refractivity contribution in [1.82, 2.24) is 0 Å². The van der Waals surface area contributed by atoms with E-state index in [-0.39, 0.29) is 23.5 Å². The Bertz CT molecular complexity index is 1590. The Labute approximate surface area is 315 Å². The Hall–Kier alpha value is -5.70. The number of rotatable bonds is 0. The van der Waals surface area contributed by atoms with Crippen LogP contribution >= 0.6 is 63.1 Å². The quantitative estimate of drug-likeness (QED) is 0.145. The highest BCUT2D eigenvalue weighted by Crippen LogP contribution is 2.09. The molecule has 0 saturated carbocycles. The van der Waals surface area contributed by atoms with Gasteiger partial charge in [0.2, 0.25) is 0 Å². The number of benzene rings is 5. The van der Waals surface area contributed by atoms with Crippen LogP contribution in [-0.2, 0) is 0 Å². The van der Waals surface area contributed by atoms with E-state index in [1.165, 1.54) is 0 Å². The molecule has 0 amide bonds. The van der Waals surface area contributed by atoms with Gasteiger partial charge in [0.1, 0.15) is 0 Å². The van der Waals surface area contributed by atoms with Crippen LogP contribution < -0.4 is 0 Å². The van der Waals surface area contributed by atoms with Gasteiger partial charge in [-0.2, -0.15) is 26.3 Å². The summed E-state index contributed by atoms with van der Waals surface area (Å²) in [5, 5.41) is 41.8. The van der Waals surface area contributed by atoms with Gasteiger partial charge in [0.25, 0.3) is 0 Å². The second-order valence-corrected chi connectivity index (χ2v) is 10.6. The predicted octanol–water partition coefficient (Wildman–Crippen LogP) is 11.3. The summed E-state index contributed by atoms with van der Waals surface area (Å²) in [6.45, 7) is 0. The van der Waals surface area contributed by atoms with Crippen molar-refractivity contribution in [2.75, 3.05) is 0 Å². The Kier molecular flexibility index (Phi) is 34.3. The maximum absolute atomic E-state index is 8.37. The highest BCUT2D eigenvalue weighted by Gasteiger charge is 1.90. The molecular weight excluding hydrogens is 746 g/mol. The molecule has 0 N–H and O–H groups in total. The lowest BCUT2D eigenvalue weighted by Gasteiger charge is -1.86. The minimum atomic E-state index is 0. The van der Waals surface area contributed by atoms with Crippen molar-refractivity contribution in [3.05, 3.63) is 149 Å². The average molecular weight is 771 g/mol. The first kappa shape index (κ1) is 53.8. The van der Waals surface area contributed by atoms with Gasteiger partial charge in [0, 0.05) is 24.5 Å². The van der Waals surface area contributed by atoms with Gasteiger partial charge in [0.15, 0.2) is 0 Å². The maximum atomic E-state index is 8.37. The molecule has 5 aromatic rings. The molecule has 5 radical (unpaired) electrons. The van der Waals surface area contributed by atoms with Crippen LogP contribution in [0.5, 0.6) is 0 Å². The molecule has 0 fully saturated rings. The summed E-state index contributed by atoms with van der Waals surface area (Å²) in [4.78, 5) is 3.58. The van der Waals surface area contributed by atoms with Crippen LogP contribution in [0.1, 0.15) is 27.8 Å². The monoisotopic (exact) mass is 770 g/mol. The molecule has 0 atom stereocenters. The number of nitriles is 5. The van der Waals surface area contributed by atoms with Gasteiger partial charge in [-0.05, 0) is 91.0 Å². The first-order chi connectivity index (χ1) is 21.6. The van der Waals surface area contributed by atoms with E-state index in [4.69, 9.17) is 89.5 Å². The van der Waals surface area contributed by atoms with Crippen LogP contribution in [0.4, 0.5) is 23.5 Å². The third-order valence-corrected chi connectivity index (χ3v) is 6.09. The van der Waals surface area contributed by atoms with Gasteiger partial charge in [-0.25, -0.2) is 0 Å². The van der Waals surface area contributed by atoms with Crippen molar-refractivity contribution >= 4 is 63.1 Å². The minimum absolute atomic E-state index is 0. The number of nitrogens with zero attached hydrogens (tertiary/aromatic N) is 5. The zero-order valence-corrected chi connectivity index (χ0v) is 29.4. The van der Waals surface area contributed by atoms with Gasteiger partial charge >= 0.3 is 0 Å². The summed E-state index contributed by atoms with van der Waals surface area (Å²) in [5.41, 5.74) is 3.14. The summed E-state index contributed by atoms with van der Waals surface area (Å²) in [7, 11) is 0. The first-order valence-electron chi connectivity index (χ1n) is 12.5. The molecule has 5 nitrogen and oxygen atoms in total. The molecule has 0 aliphatic heterocycles. The van der Waals surface area contributed by atoms with Gasteiger partial charge < -0.3 is 0 Å². The number of hydrogen-bond acceptors (Lipinski definition) is 5. The molecule has 15 heteroatoms. The van der Waals surface area contributed by atoms with Crippen LogP contribution in [0.3, 0.4) is 0 Å². The molecule has 0 spiro atoms. The van der Waals surface area contributed by atoms with E-state index in [1.54, 1.807) is 121 Å². The topological polar surface area (TPSA) is 119 Å². The number of halogens is 5. The van der Waals surface area contributed by atoms with Gasteiger partial charge in [-0.1, -0.05) is 93.5 Å². The Morgan fingerprint density at radius 2 is 0.420 bits per heavy atom. The van der Waals surface area contributed by atoms with Crippen molar-refractivity contribution in [3.63, 3.8) is 0 Å². The van der Waals surface area contributed by atoms with Crippen LogP contribution in [-0.4, -0.2) is 0 Å². The molecule has 0 aromatic heterocycles. The Morgan fingerprint density at radius 1 is 0.280 bits per heavy atom. The predicted molar refractivity (Wildman–Crippen MR) is 198 cm³/mol. The third kappa shape index (κ3) is 24.5. The van der Waals surface area contributed by atoms with Crippen molar-refractivity contribution in [2.45, 2.75) is 24.5 Å². The van der Waals surface area contributed by atoms with E-state index in [0.29, 0.717) is 52.3 Å². The molecule has 50 heavy (non-hydrogen) atoms. The summed E-state index contributed by atoms with van der Waals surface area (Å²) in [6.07, 6.45) is 0. The smallest absolute Gasteiger partial charge is 0.0992 e. The molecule has 0 aliphatic carbocycles. The molecular formula is C35H25F5N5S5. The standard InChI is InChI=1S/5C7H4NS.5FH/c5*8-5-6-2-1-3-7(9)4-6;;;;;/h5*1-4H;5*1H. The van der Waals surface area contributed by atoms with E-state index < -0.39 is 0 Å². The largest absolute Gasteiger partial charge is 0.269 e. The molecule has 0 aliphatic rings. The van der Waals surface area contributed by atoms with E-state index in [9.17, 15) is 0 Å². The fraction of sp³-hybridized carbons (Fsp3) is 0. The maximum Gasteiger partial charge on any atom is 0.0992 e. The summed E-state index contributed by atoms with van der Waals surface area (Å²) >= 11 is 24.1. The lowest BCUT2D eigenvalue weighted by Crippen LogP contribution is -1.70.